The maximum absolute atomic E-state index is 5.17. The van der Waals surface area contributed by atoms with Gasteiger partial charge in [0.05, 0.1) is 5.41 Å². The van der Waals surface area contributed by atoms with Crippen molar-refractivity contribution in [3.05, 3.63) is 259 Å². The fourth-order valence-corrected chi connectivity index (χ4v) is 9.13. The van der Waals surface area contributed by atoms with E-state index < -0.39 is 5.41 Å². The molecule has 0 fully saturated rings. The highest BCUT2D eigenvalue weighted by Crippen LogP contribution is 2.57. The first-order valence-corrected chi connectivity index (χ1v) is 20.8. The molecule has 1 aromatic heterocycles. The minimum atomic E-state index is -0.643. The Balaban J connectivity index is 1.15. The predicted octanol–water partition coefficient (Wildman–Crippen LogP) is 14.2. The van der Waals surface area contributed by atoms with Gasteiger partial charge in [0, 0.05) is 16.7 Å². The van der Waals surface area contributed by atoms with E-state index in [4.69, 9.17) is 15.0 Å². The van der Waals surface area contributed by atoms with Crippen molar-refractivity contribution in [2.45, 2.75) is 5.41 Å². The normalized spacial score (nSPS) is 12.4. The van der Waals surface area contributed by atoms with E-state index in [2.05, 4.69) is 200 Å². The zero-order valence-electron chi connectivity index (χ0n) is 33.4. The zero-order valence-corrected chi connectivity index (χ0v) is 33.4. The summed E-state index contributed by atoms with van der Waals surface area (Å²) in [6.45, 7) is 0. The van der Waals surface area contributed by atoms with Crippen molar-refractivity contribution in [1.29, 1.82) is 0 Å². The molecule has 0 aliphatic heterocycles. The first-order valence-electron chi connectivity index (χ1n) is 20.8. The van der Waals surface area contributed by atoms with E-state index in [1.165, 1.54) is 61.2 Å². The second kappa shape index (κ2) is 15.3. The van der Waals surface area contributed by atoms with Gasteiger partial charge in [-0.2, -0.15) is 0 Å². The molecule has 0 saturated heterocycles. The van der Waals surface area contributed by atoms with Crippen LogP contribution in [-0.2, 0) is 5.41 Å². The minimum absolute atomic E-state index is 0.633. The Morgan fingerprint density at radius 1 is 0.230 bits per heavy atom. The molecule has 0 bridgehead atoms. The quantitative estimate of drug-likeness (QED) is 0.154. The van der Waals surface area contributed by atoms with Crippen LogP contribution in [0, 0.1) is 0 Å². The van der Waals surface area contributed by atoms with E-state index >= 15 is 0 Å². The van der Waals surface area contributed by atoms with Crippen LogP contribution in [0.5, 0.6) is 0 Å². The lowest BCUT2D eigenvalue weighted by molar-refractivity contribution is 0.769. The van der Waals surface area contributed by atoms with Crippen molar-refractivity contribution in [3.63, 3.8) is 0 Å². The average Bonchev–Trinajstić information content (AvgIpc) is 3.65. The number of aromatic nitrogens is 3. The first-order chi connectivity index (χ1) is 30.2. The van der Waals surface area contributed by atoms with Crippen molar-refractivity contribution < 1.29 is 0 Å². The fraction of sp³-hybridized carbons (Fsp3) is 0.0172. The molecule has 0 radical (unpaired) electrons. The Kier molecular flexibility index (Phi) is 9.05. The minimum Gasteiger partial charge on any atom is -0.208 e. The number of nitrogens with zero attached hydrogens (tertiary/aromatic N) is 3. The van der Waals surface area contributed by atoms with Gasteiger partial charge >= 0.3 is 0 Å². The van der Waals surface area contributed by atoms with Crippen molar-refractivity contribution in [3.8, 4) is 78.7 Å². The summed E-state index contributed by atoms with van der Waals surface area (Å²) in [6.07, 6.45) is 0. The smallest absolute Gasteiger partial charge is 0.164 e. The predicted molar refractivity (Wildman–Crippen MR) is 250 cm³/mol. The second-order valence-electron chi connectivity index (χ2n) is 15.6. The Bertz CT molecular complexity index is 2820. The largest absolute Gasteiger partial charge is 0.208 e. The third-order valence-electron chi connectivity index (χ3n) is 12.0. The molecule has 0 N–H and O–H groups in total. The van der Waals surface area contributed by atoms with Crippen molar-refractivity contribution in [1.82, 2.24) is 15.0 Å². The molecule has 286 valence electrons. The molecule has 3 heteroatoms. The van der Waals surface area contributed by atoms with Crippen LogP contribution in [0.15, 0.2) is 237 Å². The van der Waals surface area contributed by atoms with Gasteiger partial charge in [-0.1, -0.05) is 206 Å². The van der Waals surface area contributed by atoms with E-state index in [0.717, 1.165) is 22.3 Å². The van der Waals surface area contributed by atoms with Crippen LogP contribution < -0.4 is 0 Å². The molecule has 9 aromatic carbocycles. The Hall–Kier alpha value is -8.01. The van der Waals surface area contributed by atoms with Gasteiger partial charge in [0.2, 0.25) is 0 Å². The van der Waals surface area contributed by atoms with Gasteiger partial charge in [0.25, 0.3) is 0 Å². The van der Waals surface area contributed by atoms with Gasteiger partial charge in [0.15, 0.2) is 17.5 Å². The summed E-state index contributed by atoms with van der Waals surface area (Å²) in [4.78, 5) is 15.3. The molecule has 0 atom stereocenters. The fourth-order valence-electron chi connectivity index (χ4n) is 9.13. The molecule has 1 heterocycles. The summed E-state index contributed by atoms with van der Waals surface area (Å²) < 4.78 is 0. The third kappa shape index (κ3) is 6.44. The number of hydrogen-bond acceptors (Lipinski definition) is 3. The standard InChI is InChI=1S/C58H39N3/c1-7-19-40(20-8-1)46-35-47(41-21-9-2-10-22-41)37-48(36-46)44-31-33-51-52-34-32-45(57-60-55(42-23-11-3-12-24-42)59-56(61-57)43-25-13-4-14-26-43)39-54(52)58(53(51)38-44,49-27-15-5-16-28-49)50-29-17-6-18-30-50/h1-39H. The van der Waals surface area contributed by atoms with Crippen molar-refractivity contribution >= 4 is 0 Å². The molecule has 1 aliphatic rings. The monoisotopic (exact) mass is 777 g/mol. The molecule has 61 heavy (non-hydrogen) atoms. The highest BCUT2D eigenvalue weighted by atomic mass is 15.0. The summed E-state index contributed by atoms with van der Waals surface area (Å²) in [5.74, 6) is 1.92. The number of fused-ring (bicyclic) bond motifs is 3. The van der Waals surface area contributed by atoms with Crippen LogP contribution in [0.4, 0.5) is 0 Å². The van der Waals surface area contributed by atoms with Crippen molar-refractivity contribution in [2.24, 2.45) is 0 Å². The summed E-state index contributed by atoms with van der Waals surface area (Å²) >= 11 is 0. The molecule has 0 amide bonds. The lowest BCUT2D eigenvalue weighted by Crippen LogP contribution is -2.28. The third-order valence-corrected chi connectivity index (χ3v) is 12.0. The van der Waals surface area contributed by atoms with E-state index in [1.54, 1.807) is 0 Å². The topological polar surface area (TPSA) is 38.7 Å². The first kappa shape index (κ1) is 36.1. The Morgan fingerprint density at radius 3 is 0.951 bits per heavy atom. The van der Waals surface area contributed by atoms with Gasteiger partial charge in [-0.3, -0.25) is 0 Å². The second-order valence-corrected chi connectivity index (χ2v) is 15.6. The van der Waals surface area contributed by atoms with Gasteiger partial charge in [-0.15, -0.1) is 0 Å². The summed E-state index contributed by atoms with van der Waals surface area (Å²) in [6, 6.07) is 84.5. The molecule has 10 aromatic rings. The lowest BCUT2D eigenvalue weighted by Gasteiger charge is -2.34. The highest BCUT2D eigenvalue weighted by molar-refractivity contribution is 5.91. The van der Waals surface area contributed by atoms with Crippen LogP contribution in [0.2, 0.25) is 0 Å². The number of benzene rings is 9. The molecule has 0 unspecified atom stereocenters. The molecule has 1 aliphatic carbocycles. The number of rotatable bonds is 8. The van der Waals surface area contributed by atoms with Crippen LogP contribution >= 0.6 is 0 Å². The number of hydrogen-bond donors (Lipinski definition) is 0. The molecule has 11 rings (SSSR count). The molecular weight excluding hydrogens is 739 g/mol. The van der Waals surface area contributed by atoms with Crippen LogP contribution in [0.1, 0.15) is 22.3 Å². The van der Waals surface area contributed by atoms with Gasteiger partial charge in [-0.05, 0) is 97.1 Å². The van der Waals surface area contributed by atoms with Crippen LogP contribution in [0.3, 0.4) is 0 Å². The van der Waals surface area contributed by atoms with E-state index in [-0.39, 0.29) is 0 Å². The maximum atomic E-state index is 5.17. The van der Waals surface area contributed by atoms with E-state index in [9.17, 15) is 0 Å². The highest BCUT2D eigenvalue weighted by Gasteiger charge is 2.46. The van der Waals surface area contributed by atoms with E-state index in [0.29, 0.717) is 17.5 Å². The maximum Gasteiger partial charge on any atom is 0.164 e. The van der Waals surface area contributed by atoms with Gasteiger partial charge < -0.3 is 0 Å². The van der Waals surface area contributed by atoms with Gasteiger partial charge in [-0.25, -0.2) is 15.0 Å². The van der Waals surface area contributed by atoms with Crippen molar-refractivity contribution in [2.75, 3.05) is 0 Å². The Labute approximate surface area is 356 Å². The molecule has 0 spiro atoms. The lowest BCUT2D eigenvalue weighted by atomic mass is 9.67. The molecule has 0 saturated carbocycles. The summed E-state index contributed by atoms with van der Waals surface area (Å²) in [5.41, 5.74) is 16.5. The Morgan fingerprint density at radius 2 is 0.541 bits per heavy atom. The molecular formula is C58H39N3. The average molecular weight is 778 g/mol. The SMILES string of the molecule is c1ccc(-c2cc(-c3ccccc3)cc(-c3ccc4c(c3)C(c3ccccc3)(c3ccccc3)c3cc(-c5nc(-c6ccccc6)nc(-c6ccccc6)n5)ccc3-4)c2)cc1. The van der Waals surface area contributed by atoms with Crippen LogP contribution in [-0.4, -0.2) is 15.0 Å². The summed E-state index contributed by atoms with van der Waals surface area (Å²) in [7, 11) is 0. The zero-order chi connectivity index (χ0) is 40.6. The van der Waals surface area contributed by atoms with E-state index in [1.807, 2.05) is 36.4 Å². The summed E-state index contributed by atoms with van der Waals surface area (Å²) in [5, 5.41) is 0. The molecule has 3 nitrogen and oxygen atoms in total. The van der Waals surface area contributed by atoms with Crippen LogP contribution in [0.25, 0.3) is 78.7 Å². The van der Waals surface area contributed by atoms with Gasteiger partial charge in [0.1, 0.15) is 0 Å².